The van der Waals surface area contributed by atoms with E-state index in [0.29, 0.717) is 0 Å². The van der Waals surface area contributed by atoms with Gasteiger partial charge < -0.3 is 19.2 Å². The Bertz CT molecular complexity index is 803. The van der Waals surface area contributed by atoms with Crippen LogP contribution in [0.15, 0.2) is 52.5 Å². The zero-order valence-corrected chi connectivity index (χ0v) is 20.7. The monoisotopic (exact) mass is 429 g/mol. The Morgan fingerprint density at radius 1 is 1.07 bits per heavy atom. The number of nitrogens with one attached hydrogen (secondary N) is 1. The van der Waals surface area contributed by atoms with Crippen LogP contribution >= 0.6 is 0 Å². The Labute approximate surface area is 183 Å². The summed E-state index contributed by atoms with van der Waals surface area (Å²) < 4.78 is 16.8. The third kappa shape index (κ3) is 7.87. The van der Waals surface area contributed by atoms with Gasteiger partial charge in [-0.3, -0.25) is 0 Å². The van der Waals surface area contributed by atoms with Crippen LogP contribution in [0.1, 0.15) is 42.0 Å². The first-order chi connectivity index (χ1) is 14.3. The minimum absolute atomic E-state index is 0.148. The SMILES string of the molecule is C/C=C(\CC(NCc1ccccc1CC(OC)OC)c1ccc(C)o1)C[Si](C)(C)C. The molecule has 0 aliphatic carbocycles. The fourth-order valence-electron chi connectivity index (χ4n) is 3.75. The van der Waals surface area contributed by atoms with Gasteiger partial charge in [-0.2, -0.15) is 0 Å². The maximum Gasteiger partial charge on any atom is 0.160 e. The van der Waals surface area contributed by atoms with Crippen molar-refractivity contribution in [3.63, 3.8) is 0 Å². The molecule has 0 aliphatic rings. The molecule has 1 aromatic carbocycles. The Hall–Kier alpha value is -1.66. The van der Waals surface area contributed by atoms with Crippen molar-refractivity contribution in [2.45, 2.75) is 71.3 Å². The van der Waals surface area contributed by atoms with Crippen molar-refractivity contribution < 1.29 is 13.9 Å². The van der Waals surface area contributed by atoms with Crippen LogP contribution in [0.5, 0.6) is 0 Å². The average Bonchev–Trinajstić information content (AvgIpc) is 3.14. The van der Waals surface area contributed by atoms with E-state index >= 15 is 0 Å². The summed E-state index contributed by atoms with van der Waals surface area (Å²) in [6.45, 7) is 12.2. The molecule has 166 valence electrons. The summed E-state index contributed by atoms with van der Waals surface area (Å²) in [6, 6.07) is 14.0. The van der Waals surface area contributed by atoms with Crippen LogP contribution in [0.4, 0.5) is 0 Å². The summed E-state index contributed by atoms with van der Waals surface area (Å²) in [6.07, 6.45) is 3.75. The van der Waals surface area contributed by atoms with Gasteiger partial charge in [-0.25, -0.2) is 0 Å². The molecule has 0 spiro atoms. The van der Waals surface area contributed by atoms with Gasteiger partial charge in [-0.15, -0.1) is 0 Å². The lowest BCUT2D eigenvalue weighted by molar-refractivity contribution is -0.100. The maximum absolute atomic E-state index is 6.02. The quantitative estimate of drug-likeness (QED) is 0.246. The maximum atomic E-state index is 6.02. The highest BCUT2D eigenvalue weighted by Crippen LogP contribution is 2.28. The zero-order valence-electron chi connectivity index (χ0n) is 19.7. The first kappa shape index (κ1) is 24.6. The largest absolute Gasteiger partial charge is 0.465 e. The molecule has 0 bridgehead atoms. The van der Waals surface area contributed by atoms with Gasteiger partial charge in [0.2, 0.25) is 0 Å². The fraction of sp³-hybridized carbons (Fsp3) is 0.520. The second-order valence-electron chi connectivity index (χ2n) is 9.14. The molecule has 0 amide bonds. The predicted molar refractivity (Wildman–Crippen MR) is 128 cm³/mol. The molecule has 0 fully saturated rings. The van der Waals surface area contributed by atoms with E-state index in [1.54, 1.807) is 14.2 Å². The number of benzene rings is 1. The highest BCUT2D eigenvalue weighted by atomic mass is 28.3. The van der Waals surface area contributed by atoms with E-state index in [-0.39, 0.29) is 12.3 Å². The number of ether oxygens (including phenoxy) is 2. The van der Waals surface area contributed by atoms with Gasteiger partial charge in [-0.05, 0) is 49.6 Å². The van der Waals surface area contributed by atoms with Crippen LogP contribution in [0.2, 0.25) is 25.7 Å². The third-order valence-corrected chi connectivity index (χ3v) is 6.82. The molecule has 1 atom stereocenters. The van der Waals surface area contributed by atoms with Crippen LogP contribution in [0.25, 0.3) is 0 Å². The fourth-order valence-corrected chi connectivity index (χ4v) is 5.47. The van der Waals surface area contributed by atoms with Gasteiger partial charge in [0.25, 0.3) is 0 Å². The topological polar surface area (TPSA) is 43.6 Å². The molecule has 1 heterocycles. The second kappa shape index (κ2) is 11.7. The van der Waals surface area contributed by atoms with Crippen molar-refractivity contribution in [1.29, 1.82) is 0 Å². The van der Waals surface area contributed by atoms with E-state index in [1.165, 1.54) is 22.7 Å². The molecule has 1 N–H and O–H groups in total. The van der Waals surface area contributed by atoms with Gasteiger partial charge in [-0.1, -0.05) is 55.6 Å². The summed E-state index contributed by atoms with van der Waals surface area (Å²) in [4.78, 5) is 0. The summed E-state index contributed by atoms with van der Waals surface area (Å²) in [5.41, 5.74) is 4.01. The number of allylic oxidation sites excluding steroid dienone is 1. The number of methoxy groups -OCH3 is 2. The van der Waals surface area contributed by atoms with Crippen molar-refractivity contribution in [2.75, 3.05) is 14.2 Å². The van der Waals surface area contributed by atoms with E-state index in [1.807, 2.05) is 13.0 Å². The zero-order chi connectivity index (χ0) is 22.1. The van der Waals surface area contributed by atoms with Crippen molar-refractivity contribution in [3.05, 3.63) is 70.7 Å². The smallest absolute Gasteiger partial charge is 0.160 e. The van der Waals surface area contributed by atoms with E-state index in [0.717, 1.165) is 30.9 Å². The molecule has 2 aromatic rings. The molecule has 5 heteroatoms. The predicted octanol–water partition coefficient (Wildman–Crippen LogP) is 6.25. The Balaban J connectivity index is 2.18. The Kier molecular flexibility index (Phi) is 9.56. The number of rotatable bonds is 12. The van der Waals surface area contributed by atoms with E-state index in [4.69, 9.17) is 13.9 Å². The molecule has 0 radical (unpaired) electrons. The lowest BCUT2D eigenvalue weighted by atomic mass is 10.0. The standard InChI is InChI=1S/C25H39NO3Si/c1-8-20(18-30(5,6)7)15-23(24-14-13-19(2)29-24)26-17-22-12-10-9-11-21(22)16-25(27-3)28-4/h8-14,23,25-26H,15-18H2,1-7H3/b20-8+. The molecule has 2 rings (SSSR count). The highest BCUT2D eigenvalue weighted by Gasteiger charge is 2.21. The molecule has 0 aliphatic heterocycles. The van der Waals surface area contributed by atoms with Gasteiger partial charge in [0, 0.05) is 35.3 Å². The summed E-state index contributed by atoms with van der Waals surface area (Å²) >= 11 is 0. The van der Waals surface area contributed by atoms with E-state index in [9.17, 15) is 0 Å². The molecule has 1 unspecified atom stereocenters. The van der Waals surface area contributed by atoms with Gasteiger partial charge >= 0.3 is 0 Å². The number of hydrogen-bond donors (Lipinski definition) is 1. The summed E-state index contributed by atoms with van der Waals surface area (Å²) in [7, 11) is 2.18. The lowest BCUT2D eigenvalue weighted by Gasteiger charge is -2.24. The Morgan fingerprint density at radius 3 is 2.27 bits per heavy atom. The molecule has 0 saturated carbocycles. The summed E-state index contributed by atoms with van der Waals surface area (Å²) in [5, 5.41) is 3.77. The number of aryl methyl sites for hydroxylation is 1. The van der Waals surface area contributed by atoms with E-state index in [2.05, 4.69) is 68.3 Å². The first-order valence-corrected chi connectivity index (χ1v) is 14.5. The van der Waals surface area contributed by atoms with Crippen LogP contribution < -0.4 is 5.32 Å². The van der Waals surface area contributed by atoms with Gasteiger partial charge in [0.05, 0.1) is 6.04 Å². The molecule has 0 saturated heterocycles. The normalized spacial score (nSPS) is 13.8. The minimum atomic E-state index is -1.18. The van der Waals surface area contributed by atoms with Crippen LogP contribution in [0.3, 0.4) is 0 Å². The molecule has 30 heavy (non-hydrogen) atoms. The van der Waals surface area contributed by atoms with Gasteiger partial charge in [0.1, 0.15) is 11.5 Å². The van der Waals surface area contributed by atoms with Crippen LogP contribution in [0, 0.1) is 6.92 Å². The molecular weight excluding hydrogens is 390 g/mol. The first-order valence-electron chi connectivity index (χ1n) is 10.8. The molecule has 4 nitrogen and oxygen atoms in total. The van der Waals surface area contributed by atoms with E-state index < -0.39 is 8.07 Å². The van der Waals surface area contributed by atoms with Crippen LogP contribution in [-0.4, -0.2) is 28.6 Å². The highest BCUT2D eigenvalue weighted by molar-refractivity contribution is 6.76. The lowest BCUT2D eigenvalue weighted by Crippen LogP contribution is -2.25. The molecular formula is C25H39NO3Si. The number of furan rings is 1. The number of hydrogen-bond acceptors (Lipinski definition) is 4. The van der Waals surface area contributed by atoms with Crippen molar-refractivity contribution in [1.82, 2.24) is 5.32 Å². The molecule has 1 aromatic heterocycles. The third-order valence-electron chi connectivity index (χ3n) is 5.31. The minimum Gasteiger partial charge on any atom is -0.465 e. The van der Waals surface area contributed by atoms with Gasteiger partial charge in [0.15, 0.2) is 6.29 Å². The van der Waals surface area contributed by atoms with Crippen molar-refractivity contribution >= 4 is 8.07 Å². The average molecular weight is 430 g/mol. The van der Waals surface area contributed by atoms with Crippen molar-refractivity contribution in [2.24, 2.45) is 0 Å². The van der Waals surface area contributed by atoms with Crippen molar-refractivity contribution in [3.8, 4) is 0 Å². The summed E-state index contributed by atoms with van der Waals surface area (Å²) in [5.74, 6) is 1.96. The van der Waals surface area contributed by atoms with Crippen LogP contribution in [-0.2, 0) is 22.4 Å². The Morgan fingerprint density at radius 2 is 1.73 bits per heavy atom. The second-order valence-corrected chi connectivity index (χ2v) is 14.6.